The Labute approximate surface area is 228 Å². The molecule has 38 heavy (non-hydrogen) atoms. The van der Waals surface area contributed by atoms with Crippen LogP contribution in [0.4, 0.5) is 4.79 Å². The van der Waals surface area contributed by atoms with E-state index in [2.05, 4.69) is 18.1 Å². The van der Waals surface area contributed by atoms with Crippen molar-refractivity contribution in [2.75, 3.05) is 13.1 Å². The number of fused-ring (bicyclic) bond motifs is 1. The molecule has 2 fully saturated rings. The monoisotopic (exact) mass is 575 g/mol. The second kappa shape index (κ2) is 10.5. The van der Waals surface area contributed by atoms with Crippen molar-refractivity contribution in [2.24, 2.45) is 5.92 Å². The minimum atomic E-state index is -4.04. The van der Waals surface area contributed by atoms with E-state index in [0.717, 1.165) is 37.9 Å². The quantitative estimate of drug-likeness (QED) is 0.311. The van der Waals surface area contributed by atoms with Gasteiger partial charge in [-0.1, -0.05) is 48.0 Å². The molecule has 1 saturated heterocycles. The molecule has 3 aromatic rings. The van der Waals surface area contributed by atoms with Gasteiger partial charge in [-0.3, -0.25) is 0 Å². The van der Waals surface area contributed by atoms with Crippen molar-refractivity contribution < 1.29 is 26.4 Å². The number of sulfonamides is 2. The smallest absolute Gasteiger partial charge is 0.424 e. The van der Waals surface area contributed by atoms with Gasteiger partial charge in [0.15, 0.2) is 6.23 Å². The Kier molecular flexibility index (Phi) is 7.44. The molecule has 0 spiro atoms. The highest BCUT2D eigenvalue weighted by Gasteiger charge is 2.42. The van der Waals surface area contributed by atoms with Crippen LogP contribution in [0.15, 0.2) is 76.5 Å². The van der Waals surface area contributed by atoms with Crippen molar-refractivity contribution in [3.63, 3.8) is 0 Å². The molecule has 0 radical (unpaired) electrons. The maximum Gasteiger partial charge on any atom is 0.424 e. The third-order valence-corrected chi connectivity index (χ3v) is 10.6. The summed E-state index contributed by atoms with van der Waals surface area (Å²) in [7, 11) is -8.07. The summed E-state index contributed by atoms with van der Waals surface area (Å²) in [6.07, 6.45) is -0.306. The molecule has 1 saturated carbocycles. The van der Waals surface area contributed by atoms with E-state index in [1.165, 1.54) is 18.2 Å². The second-order valence-electron chi connectivity index (χ2n) is 9.74. The zero-order valence-corrected chi connectivity index (χ0v) is 23.3. The predicted octanol–water partition coefficient (Wildman–Crippen LogP) is 3.91. The average molecular weight is 576 g/mol. The molecule has 12 heteroatoms. The van der Waals surface area contributed by atoms with E-state index < -0.39 is 32.4 Å². The molecule has 1 aliphatic carbocycles. The van der Waals surface area contributed by atoms with Gasteiger partial charge < -0.3 is 4.74 Å². The number of hydrogen-bond acceptors (Lipinski definition) is 7. The van der Waals surface area contributed by atoms with Crippen molar-refractivity contribution >= 4 is 49.5 Å². The normalized spacial score (nSPS) is 20.6. The molecule has 0 unspecified atom stereocenters. The molecule has 3 aromatic carbocycles. The topological polar surface area (TPSA) is 113 Å². The van der Waals surface area contributed by atoms with Gasteiger partial charge in [-0.2, -0.15) is 16.9 Å². The van der Waals surface area contributed by atoms with Gasteiger partial charge in [0.25, 0.3) is 10.0 Å². The first kappa shape index (κ1) is 26.9. The SMILES string of the molecule is Cc1ccc(S(=O)(=O)N(CC2CC2)NC(=O)O[C@H]2C[C@@H](S)CN2S(=O)(=O)c2ccc3ccccc3c2)cc1. The molecule has 5 rings (SSSR count). The molecule has 1 N–H and O–H groups in total. The molecule has 0 bridgehead atoms. The van der Waals surface area contributed by atoms with Crippen molar-refractivity contribution in [3.8, 4) is 0 Å². The van der Waals surface area contributed by atoms with Gasteiger partial charge in [0.05, 0.1) is 9.79 Å². The summed E-state index contributed by atoms with van der Waals surface area (Å²) in [5.74, 6) is 0.133. The van der Waals surface area contributed by atoms with Crippen LogP contribution in [0, 0.1) is 12.8 Å². The number of rotatable bonds is 8. The Morgan fingerprint density at radius 1 is 1.00 bits per heavy atom. The minimum Gasteiger partial charge on any atom is -0.428 e. The summed E-state index contributed by atoms with van der Waals surface area (Å²) < 4.78 is 61.2. The predicted molar refractivity (Wildman–Crippen MR) is 146 cm³/mol. The maximum atomic E-state index is 13.5. The van der Waals surface area contributed by atoms with Crippen molar-refractivity contribution in [2.45, 2.75) is 47.5 Å². The van der Waals surface area contributed by atoms with E-state index in [1.54, 1.807) is 24.3 Å². The lowest BCUT2D eigenvalue weighted by molar-refractivity contribution is 0.0428. The lowest BCUT2D eigenvalue weighted by Crippen LogP contribution is -2.49. The molecular formula is C26H29N3O6S3. The van der Waals surface area contributed by atoms with E-state index >= 15 is 0 Å². The van der Waals surface area contributed by atoms with Gasteiger partial charge >= 0.3 is 6.09 Å². The van der Waals surface area contributed by atoms with Gasteiger partial charge in [-0.15, -0.1) is 4.41 Å². The van der Waals surface area contributed by atoms with Gasteiger partial charge in [0, 0.05) is 24.8 Å². The highest BCUT2D eigenvalue weighted by molar-refractivity contribution is 7.89. The molecule has 1 aliphatic heterocycles. The number of thiol groups is 1. The summed E-state index contributed by atoms with van der Waals surface area (Å²) in [6.45, 7) is 2.00. The summed E-state index contributed by atoms with van der Waals surface area (Å²) in [4.78, 5) is 13.1. The molecule has 1 amide bonds. The van der Waals surface area contributed by atoms with Gasteiger partial charge in [-0.05, 0) is 60.7 Å². The average Bonchev–Trinajstić information content (AvgIpc) is 3.63. The number of benzene rings is 3. The molecule has 1 heterocycles. The zero-order valence-electron chi connectivity index (χ0n) is 20.7. The van der Waals surface area contributed by atoms with Crippen LogP contribution in [0.1, 0.15) is 24.8 Å². The number of aryl methyl sites for hydroxylation is 1. The van der Waals surface area contributed by atoms with Crippen molar-refractivity contribution in [1.29, 1.82) is 0 Å². The summed E-state index contributed by atoms with van der Waals surface area (Å²) in [5, 5.41) is 1.31. The summed E-state index contributed by atoms with van der Waals surface area (Å²) in [5.41, 5.74) is 3.26. The largest absolute Gasteiger partial charge is 0.428 e. The van der Waals surface area contributed by atoms with Crippen molar-refractivity contribution in [3.05, 3.63) is 72.3 Å². The van der Waals surface area contributed by atoms with E-state index in [1.807, 2.05) is 31.2 Å². The summed E-state index contributed by atoms with van der Waals surface area (Å²) >= 11 is 4.44. The fourth-order valence-corrected chi connectivity index (χ4v) is 7.81. The molecule has 0 aromatic heterocycles. The minimum absolute atomic E-state index is 0.0425. The van der Waals surface area contributed by atoms with E-state index in [-0.39, 0.29) is 40.5 Å². The molecular weight excluding hydrogens is 547 g/mol. The van der Waals surface area contributed by atoms with Crippen LogP contribution in [-0.4, -0.2) is 56.2 Å². The molecule has 2 aliphatic rings. The molecule has 9 nitrogen and oxygen atoms in total. The first-order valence-corrected chi connectivity index (χ1v) is 15.7. The van der Waals surface area contributed by atoms with E-state index in [4.69, 9.17) is 4.74 Å². The number of nitrogens with one attached hydrogen (secondary N) is 1. The Bertz CT molecular complexity index is 1560. The lowest BCUT2D eigenvalue weighted by Gasteiger charge is -2.26. The van der Waals surface area contributed by atoms with Crippen LogP contribution >= 0.6 is 12.6 Å². The van der Waals surface area contributed by atoms with Gasteiger partial charge in [0.2, 0.25) is 10.0 Å². The number of hydrazine groups is 1. The fourth-order valence-electron chi connectivity index (χ4n) is 4.40. The Morgan fingerprint density at radius 2 is 1.66 bits per heavy atom. The maximum absolute atomic E-state index is 13.5. The van der Waals surface area contributed by atoms with Crippen LogP contribution in [0.3, 0.4) is 0 Å². The van der Waals surface area contributed by atoms with Gasteiger partial charge in [0.1, 0.15) is 0 Å². The number of amides is 1. The van der Waals surface area contributed by atoms with Crippen LogP contribution in [0.25, 0.3) is 10.8 Å². The Balaban J connectivity index is 1.35. The van der Waals surface area contributed by atoms with Crippen LogP contribution < -0.4 is 5.43 Å². The third kappa shape index (κ3) is 5.69. The third-order valence-electron chi connectivity index (χ3n) is 6.70. The standard InChI is InChI=1S/C26H29N3O6S3/c1-18-6-11-23(12-7-18)38(33,34)29(16-19-8-9-19)27-26(30)35-25-15-22(36)17-28(25)37(31,32)24-13-10-20-4-2-3-5-21(20)14-24/h2-7,10-14,19,22,25,36H,8-9,15-17H2,1H3,(H,27,30)/t22-,25+/m1/s1. The first-order valence-electron chi connectivity index (χ1n) is 12.3. The Hall–Kier alpha value is -2.64. The fraction of sp³-hybridized carbons (Fsp3) is 0.346. The summed E-state index contributed by atoms with van der Waals surface area (Å²) in [6, 6.07) is 18.6. The lowest BCUT2D eigenvalue weighted by atomic mass is 10.1. The molecule has 202 valence electrons. The number of nitrogens with zero attached hydrogens (tertiary/aromatic N) is 2. The van der Waals surface area contributed by atoms with E-state index in [9.17, 15) is 21.6 Å². The van der Waals surface area contributed by atoms with Crippen LogP contribution in [0.5, 0.6) is 0 Å². The van der Waals surface area contributed by atoms with E-state index in [0.29, 0.717) is 0 Å². The Morgan fingerprint density at radius 3 is 2.34 bits per heavy atom. The van der Waals surface area contributed by atoms with Crippen LogP contribution in [0.2, 0.25) is 0 Å². The molecule has 2 atom stereocenters. The van der Waals surface area contributed by atoms with Crippen molar-refractivity contribution in [1.82, 2.24) is 14.1 Å². The first-order chi connectivity index (χ1) is 18.0. The second-order valence-corrected chi connectivity index (χ2v) is 14.2. The number of carbonyl (C=O) groups excluding carboxylic acids is 1. The zero-order chi connectivity index (χ0) is 27.1. The highest BCUT2D eigenvalue weighted by atomic mass is 32.2. The highest BCUT2D eigenvalue weighted by Crippen LogP contribution is 2.32. The number of hydrogen-bond donors (Lipinski definition) is 2. The number of carbonyl (C=O) groups is 1. The van der Waals surface area contributed by atoms with Gasteiger partial charge in [-0.25, -0.2) is 27.1 Å². The number of ether oxygens (including phenoxy) is 1. The van der Waals surface area contributed by atoms with Crippen LogP contribution in [-0.2, 0) is 24.8 Å².